The van der Waals surface area contributed by atoms with E-state index in [9.17, 15) is 9.59 Å². The fraction of sp³-hybridized carbons (Fsp3) is 0.130. The third-order valence-corrected chi connectivity index (χ3v) is 4.49. The first-order valence-corrected chi connectivity index (χ1v) is 9.43. The van der Waals surface area contributed by atoms with Crippen LogP contribution in [0.25, 0.3) is 0 Å². The Hall–Kier alpha value is -4.00. The van der Waals surface area contributed by atoms with E-state index in [1.165, 1.54) is 6.92 Å². The summed E-state index contributed by atoms with van der Waals surface area (Å²) in [4.78, 5) is 25.2. The normalized spacial score (nSPS) is 12.7. The summed E-state index contributed by atoms with van der Waals surface area (Å²) in [6, 6.07) is 21.5. The van der Waals surface area contributed by atoms with Gasteiger partial charge in [-0.3, -0.25) is 4.79 Å². The fourth-order valence-corrected chi connectivity index (χ4v) is 2.94. The van der Waals surface area contributed by atoms with Crippen LogP contribution in [-0.2, 0) is 9.53 Å². The molecule has 2 N–H and O–H groups in total. The maximum atomic E-state index is 12.7. The van der Waals surface area contributed by atoms with Gasteiger partial charge in [0.05, 0.1) is 11.3 Å². The van der Waals surface area contributed by atoms with Gasteiger partial charge < -0.3 is 24.8 Å². The smallest absolute Gasteiger partial charge is 0.341 e. The molecule has 0 unspecified atom stereocenters. The Morgan fingerprint density at radius 1 is 0.900 bits per heavy atom. The molecule has 30 heavy (non-hydrogen) atoms. The number of anilines is 3. The van der Waals surface area contributed by atoms with Gasteiger partial charge >= 0.3 is 5.97 Å². The van der Waals surface area contributed by atoms with Crippen LogP contribution in [0.1, 0.15) is 17.3 Å². The zero-order valence-electron chi connectivity index (χ0n) is 16.3. The van der Waals surface area contributed by atoms with Crippen molar-refractivity contribution in [3.63, 3.8) is 0 Å². The topological polar surface area (TPSA) is 85.9 Å². The van der Waals surface area contributed by atoms with E-state index in [4.69, 9.17) is 14.2 Å². The van der Waals surface area contributed by atoms with Crippen molar-refractivity contribution in [3.05, 3.63) is 78.4 Å². The Morgan fingerprint density at radius 2 is 1.63 bits per heavy atom. The van der Waals surface area contributed by atoms with Crippen LogP contribution in [-0.4, -0.2) is 24.8 Å². The van der Waals surface area contributed by atoms with Crippen molar-refractivity contribution >= 4 is 28.9 Å². The minimum Gasteiger partial charge on any atom is -0.454 e. The largest absolute Gasteiger partial charge is 0.454 e. The Labute approximate surface area is 173 Å². The first kappa shape index (κ1) is 19.3. The number of esters is 1. The third kappa shape index (κ3) is 4.35. The lowest BCUT2D eigenvalue weighted by Gasteiger charge is -2.16. The lowest BCUT2D eigenvalue weighted by Crippen LogP contribution is -2.30. The highest BCUT2D eigenvalue weighted by molar-refractivity contribution is 6.00. The van der Waals surface area contributed by atoms with Crippen LogP contribution in [0.15, 0.2) is 72.8 Å². The van der Waals surface area contributed by atoms with Gasteiger partial charge in [-0.05, 0) is 43.3 Å². The third-order valence-electron chi connectivity index (χ3n) is 4.49. The van der Waals surface area contributed by atoms with E-state index < -0.39 is 18.0 Å². The summed E-state index contributed by atoms with van der Waals surface area (Å²) in [6.45, 7) is 1.67. The van der Waals surface area contributed by atoms with Crippen LogP contribution in [0.2, 0.25) is 0 Å². The molecule has 0 bridgehead atoms. The van der Waals surface area contributed by atoms with Crippen molar-refractivity contribution in [2.45, 2.75) is 13.0 Å². The highest BCUT2D eigenvalue weighted by Crippen LogP contribution is 2.34. The predicted octanol–water partition coefficient (Wildman–Crippen LogP) is 4.34. The predicted molar refractivity (Wildman–Crippen MR) is 112 cm³/mol. The number of hydrogen-bond acceptors (Lipinski definition) is 6. The second kappa shape index (κ2) is 8.57. The highest BCUT2D eigenvalue weighted by Gasteiger charge is 2.22. The molecule has 0 radical (unpaired) electrons. The van der Waals surface area contributed by atoms with Crippen LogP contribution in [0, 0.1) is 0 Å². The SMILES string of the molecule is C[C@H](OC(=O)c1ccccc1Nc1ccccc1)C(=O)Nc1ccc2c(c1)OCO2. The minimum atomic E-state index is -0.993. The van der Waals surface area contributed by atoms with Crippen LogP contribution in [0.3, 0.4) is 0 Å². The molecule has 4 rings (SSSR count). The summed E-state index contributed by atoms with van der Waals surface area (Å²) in [5, 5.41) is 5.91. The number of ether oxygens (including phenoxy) is 3. The Morgan fingerprint density at radius 3 is 2.47 bits per heavy atom. The van der Waals surface area contributed by atoms with E-state index >= 15 is 0 Å². The van der Waals surface area contributed by atoms with Crippen molar-refractivity contribution in [2.75, 3.05) is 17.4 Å². The van der Waals surface area contributed by atoms with Gasteiger partial charge in [0.25, 0.3) is 5.91 Å². The molecule has 7 nitrogen and oxygen atoms in total. The maximum Gasteiger partial charge on any atom is 0.341 e. The molecule has 3 aromatic rings. The van der Waals surface area contributed by atoms with E-state index in [2.05, 4.69) is 10.6 Å². The molecule has 0 fully saturated rings. The van der Waals surface area contributed by atoms with Gasteiger partial charge in [0, 0.05) is 17.4 Å². The molecular formula is C23H20N2O5. The van der Waals surface area contributed by atoms with Crippen LogP contribution < -0.4 is 20.1 Å². The van der Waals surface area contributed by atoms with Gasteiger partial charge in [-0.2, -0.15) is 0 Å². The molecule has 7 heteroatoms. The van der Waals surface area contributed by atoms with Gasteiger partial charge in [0.1, 0.15) is 0 Å². The Kier molecular flexibility index (Phi) is 5.52. The molecule has 0 spiro atoms. The summed E-state index contributed by atoms with van der Waals surface area (Å²) in [7, 11) is 0. The quantitative estimate of drug-likeness (QED) is 0.595. The summed E-state index contributed by atoms with van der Waals surface area (Å²) in [6.07, 6.45) is -0.993. The van der Waals surface area contributed by atoms with Crippen molar-refractivity contribution in [1.82, 2.24) is 0 Å². The van der Waals surface area contributed by atoms with Crippen molar-refractivity contribution in [1.29, 1.82) is 0 Å². The average molecular weight is 404 g/mol. The first-order valence-electron chi connectivity index (χ1n) is 9.43. The number of rotatable bonds is 6. The van der Waals surface area contributed by atoms with Gasteiger partial charge in [-0.15, -0.1) is 0 Å². The number of hydrogen-bond donors (Lipinski definition) is 2. The molecule has 1 aliphatic heterocycles. The molecule has 152 valence electrons. The maximum absolute atomic E-state index is 12.7. The number of para-hydroxylation sites is 2. The highest BCUT2D eigenvalue weighted by atomic mass is 16.7. The van der Waals surface area contributed by atoms with Gasteiger partial charge in [-0.1, -0.05) is 30.3 Å². The van der Waals surface area contributed by atoms with Crippen molar-refractivity contribution < 1.29 is 23.8 Å². The van der Waals surface area contributed by atoms with E-state index in [1.54, 1.807) is 36.4 Å². The molecule has 0 saturated heterocycles. The van der Waals surface area contributed by atoms with E-state index in [-0.39, 0.29) is 6.79 Å². The Balaban J connectivity index is 1.41. The molecule has 1 heterocycles. The molecule has 1 atom stereocenters. The zero-order chi connectivity index (χ0) is 20.9. The van der Waals surface area contributed by atoms with E-state index in [0.717, 1.165) is 5.69 Å². The van der Waals surface area contributed by atoms with Gasteiger partial charge in [0.2, 0.25) is 6.79 Å². The molecule has 1 amide bonds. The molecule has 3 aromatic carbocycles. The summed E-state index contributed by atoms with van der Waals surface area (Å²) >= 11 is 0. The lowest BCUT2D eigenvalue weighted by atomic mass is 10.1. The number of nitrogens with one attached hydrogen (secondary N) is 2. The second-order valence-electron chi connectivity index (χ2n) is 6.64. The standard InChI is InChI=1S/C23H20N2O5/c1-15(22(26)25-17-11-12-20-21(13-17)29-14-28-20)30-23(27)18-9-5-6-10-19(18)24-16-7-3-2-4-8-16/h2-13,15,24H,14H2,1H3,(H,25,26)/t15-/m0/s1. The van der Waals surface area contributed by atoms with Crippen molar-refractivity contribution in [2.24, 2.45) is 0 Å². The summed E-state index contributed by atoms with van der Waals surface area (Å²) < 4.78 is 15.9. The molecule has 0 aliphatic carbocycles. The van der Waals surface area contributed by atoms with E-state index in [1.807, 2.05) is 36.4 Å². The zero-order valence-corrected chi connectivity index (χ0v) is 16.3. The number of amides is 1. The second-order valence-corrected chi connectivity index (χ2v) is 6.64. The molecule has 0 aromatic heterocycles. The number of carbonyl (C=O) groups excluding carboxylic acids is 2. The summed E-state index contributed by atoms with van der Waals surface area (Å²) in [5.41, 5.74) is 2.30. The van der Waals surface area contributed by atoms with E-state index in [0.29, 0.717) is 28.4 Å². The first-order chi connectivity index (χ1) is 14.6. The summed E-state index contributed by atoms with van der Waals surface area (Å²) in [5.74, 6) is 0.131. The lowest BCUT2D eigenvalue weighted by molar-refractivity contribution is -0.123. The van der Waals surface area contributed by atoms with Crippen LogP contribution in [0.5, 0.6) is 11.5 Å². The van der Waals surface area contributed by atoms with Crippen molar-refractivity contribution in [3.8, 4) is 11.5 Å². The number of benzene rings is 3. The fourth-order valence-electron chi connectivity index (χ4n) is 2.94. The van der Waals surface area contributed by atoms with Gasteiger partial charge in [-0.25, -0.2) is 4.79 Å². The van der Waals surface area contributed by atoms with Crippen LogP contribution >= 0.6 is 0 Å². The molecule has 0 saturated carbocycles. The monoisotopic (exact) mass is 404 g/mol. The van der Waals surface area contributed by atoms with Crippen LogP contribution in [0.4, 0.5) is 17.1 Å². The van der Waals surface area contributed by atoms with Gasteiger partial charge in [0.15, 0.2) is 17.6 Å². The molecule has 1 aliphatic rings. The molecular weight excluding hydrogens is 384 g/mol. The average Bonchev–Trinajstić information content (AvgIpc) is 3.22. The number of carbonyl (C=O) groups is 2. The minimum absolute atomic E-state index is 0.150. The Bertz CT molecular complexity index is 1070. The number of fused-ring (bicyclic) bond motifs is 1.